The molecule has 4 nitrogen and oxygen atoms in total. The molecule has 0 radical (unpaired) electrons. The summed E-state index contributed by atoms with van der Waals surface area (Å²) in [6, 6.07) is 8.32. The zero-order valence-corrected chi connectivity index (χ0v) is 16.5. The Morgan fingerprint density at radius 3 is 2.65 bits per heavy atom. The fourth-order valence-electron chi connectivity index (χ4n) is 3.43. The molecule has 0 saturated heterocycles. The van der Waals surface area contributed by atoms with Gasteiger partial charge in [-0.2, -0.15) is 0 Å². The summed E-state index contributed by atoms with van der Waals surface area (Å²) < 4.78 is 5.75. The van der Waals surface area contributed by atoms with E-state index in [1.54, 1.807) is 11.3 Å². The highest BCUT2D eigenvalue weighted by Gasteiger charge is 2.21. The molecule has 1 fully saturated rings. The van der Waals surface area contributed by atoms with E-state index in [0.29, 0.717) is 19.1 Å². The molecule has 3 rings (SSSR count). The van der Waals surface area contributed by atoms with Crippen LogP contribution in [0.5, 0.6) is 5.75 Å². The first-order chi connectivity index (χ1) is 12.6. The molecule has 1 aromatic heterocycles. The second kappa shape index (κ2) is 9.17. The lowest BCUT2D eigenvalue weighted by molar-refractivity contribution is -0.121. The molecule has 0 aliphatic heterocycles. The minimum absolute atomic E-state index is 0.0845. The van der Waals surface area contributed by atoms with Crippen LogP contribution in [0.1, 0.15) is 55.3 Å². The number of amides is 1. The average Bonchev–Trinajstić information content (AvgIpc) is 3.09. The van der Waals surface area contributed by atoms with Crippen molar-refractivity contribution in [1.82, 2.24) is 10.3 Å². The summed E-state index contributed by atoms with van der Waals surface area (Å²) in [7, 11) is 0. The Kier molecular flexibility index (Phi) is 6.67. The lowest BCUT2D eigenvalue weighted by atomic mass is 9.84. The molecule has 0 spiro atoms. The van der Waals surface area contributed by atoms with E-state index in [2.05, 4.69) is 24.1 Å². The van der Waals surface area contributed by atoms with Gasteiger partial charge in [-0.1, -0.05) is 31.0 Å². The number of thiazole rings is 1. The normalized spacial score (nSPS) is 19.9. The van der Waals surface area contributed by atoms with E-state index < -0.39 is 0 Å². The Bertz CT molecular complexity index is 703. The molecular weight excluding hydrogens is 344 g/mol. The van der Waals surface area contributed by atoms with Gasteiger partial charge in [-0.15, -0.1) is 11.3 Å². The van der Waals surface area contributed by atoms with Crippen molar-refractivity contribution in [3.05, 3.63) is 45.9 Å². The fourth-order valence-corrected chi connectivity index (χ4v) is 4.14. The Morgan fingerprint density at radius 2 is 1.96 bits per heavy atom. The van der Waals surface area contributed by atoms with Crippen LogP contribution in [0.4, 0.5) is 0 Å². The molecular formula is C21H28N2O2S. The van der Waals surface area contributed by atoms with E-state index >= 15 is 0 Å². The maximum absolute atomic E-state index is 12.3. The lowest BCUT2D eigenvalue weighted by Crippen LogP contribution is -2.38. The molecule has 0 atom stereocenters. The number of carbonyl (C=O) groups is 1. The first-order valence-corrected chi connectivity index (χ1v) is 10.4. The van der Waals surface area contributed by atoms with E-state index in [9.17, 15) is 4.79 Å². The number of hydrogen-bond donors (Lipinski definition) is 1. The number of nitrogens with zero attached hydrogens (tertiary/aromatic N) is 1. The zero-order chi connectivity index (χ0) is 18.4. The standard InChI is InChI=1S/C21H28N2O2S/c1-3-16-6-8-17(9-7-16)22-20(24)12-18-14-26-21(23-18)13-25-19-10-4-15(2)5-11-19/h4-5,10-11,14,16-17H,3,6-9,12-13H2,1-2H3,(H,22,24). The van der Waals surface area contributed by atoms with Crippen molar-refractivity contribution in [2.24, 2.45) is 5.92 Å². The summed E-state index contributed by atoms with van der Waals surface area (Å²) in [4.78, 5) is 16.8. The molecule has 5 heteroatoms. The smallest absolute Gasteiger partial charge is 0.226 e. The molecule has 2 aromatic rings. The van der Waals surface area contributed by atoms with Gasteiger partial charge in [0.25, 0.3) is 0 Å². The molecule has 0 unspecified atom stereocenters. The van der Waals surface area contributed by atoms with Crippen molar-refractivity contribution in [2.75, 3.05) is 0 Å². The third kappa shape index (κ3) is 5.56. The topological polar surface area (TPSA) is 51.2 Å². The van der Waals surface area contributed by atoms with Gasteiger partial charge in [-0.3, -0.25) is 4.79 Å². The van der Waals surface area contributed by atoms with Crippen LogP contribution in [0.15, 0.2) is 29.6 Å². The number of hydrogen-bond acceptors (Lipinski definition) is 4. The molecule has 26 heavy (non-hydrogen) atoms. The minimum Gasteiger partial charge on any atom is -0.486 e. The van der Waals surface area contributed by atoms with Crippen molar-refractivity contribution in [3.63, 3.8) is 0 Å². The SMILES string of the molecule is CCC1CCC(NC(=O)Cc2csc(COc3ccc(C)cc3)n2)CC1. The number of carbonyl (C=O) groups excluding carboxylic acids is 1. The summed E-state index contributed by atoms with van der Waals surface area (Å²) in [5, 5.41) is 6.04. The van der Waals surface area contributed by atoms with Gasteiger partial charge >= 0.3 is 0 Å². The number of benzene rings is 1. The average molecular weight is 373 g/mol. The Hall–Kier alpha value is -1.88. The Morgan fingerprint density at radius 1 is 1.23 bits per heavy atom. The van der Waals surface area contributed by atoms with Crippen LogP contribution in [-0.2, 0) is 17.8 Å². The maximum Gasteiger partial charge on any atom is 0.226 e. The van der Waals surface area contributed by atoms with Crippen LogP contribution in [0.25, 0.3) is 0 Å². The van der Waals surface area contributed by atoms with E-state index in [0.717, 1.165) is 35.2 Å². The highest BCUT2D eigenvalue weighted by atomic mass is 32.1. The lowest BCUT2D eigenvalue weighted by Gasteiger charge is -2.28. The van der Waals surface area contributed by atoms with Gasteiger partial charge < -0.3 is 10.1 Å². The highest BCUT2D eigenvalue weighted by molar-refractivity contribution is 7.09. The van der Waals surface area contributed by atoms with Crippen LogP contribution in [0.2, 0.25) is 0 Å². The van der Waals surface area contributed by atoms with Crippen LogP contribution in [-0.4, -0.2) is 16.9 Å². The summed E-state index contributed by atoms with van der Waals surface area (Å²) in [5.74, 6) is 1.77. The van der Waals surface area contributed by atoms with E-state index in [1.165, 1.54) is 24.8 Å². The number of ether oxygens (including phenoxy) is 1. The van der Waals surface area contributed by atoms with Gasteiger partial charge in [0.2, 0.25) is 5.91 Å². The monoisotopic (exact) mass is 372 g/mol. The molecule has 1 saturated carbocycles. The van der Waals surface area contributed by atoms with Crippen LogP contribution >= 0.6 is 11.3 Å². The largest absolute Gasteiger partial charge is 0.486 e. The van der Waals surface area contributed by atoms with Gasteiger partial charge in [0.05, 0.1) is 12.1 Å². The van der Waals surface area contributed by atoms with Gasteiger partial charge in [0.1, 0.15) is 17.4 Å². The van der Waals surface area contributed by atoms with Gasteiger partial charge in [-0.25, -0.2) is 4.98 Å². The third-order valence-electron chi connectivity index (χ3n) is 5.11. The number of nitrogens with one attached hydrogen (secondary N) is 1. The van der Waals surface area contributed by atoms with Gasteiger partial charge in [0.15, 0.2) is 0 Å². The van der Waals surface area contributed by atoms with E-state index in [4.69, 9.17) is 4.74 Å². The second-order valence-electron chi connectivity index (χ2n) is 7.20. The van der Waals surface area contributed by atoms with Gasteiger partial charge in [-0.05, 0) is 50.7 Å². The van der Waals surface area contributed by atoms with E-state index in [-0.39, 0.29) is 5.91 Å². The predicted octanol–water partition coefficient (Wildman–Crippen LogP) is 4.66. The van der Waals surface area contributed by atoms with Crippen molar-refractivity contribution >= 4 is 17.2 Å². The predicted molar refractivity (Wildman–Crippen MR) is 106 cm³/mol. The van der Waals surface area contributed by atoms with Crippen LogP contribution in [0, 0.1) is 12.8 Å². The summed E-state index contributed by atoms with van der Waals surface area (Å²) in [6.45, 7) is 4.75. The number of rotatable bonds is 7. The van der Waals surface area contributed by atoms with E-state index in [1.807, 2.05) is 29.6 Å². The highest BCUT2D eigenvalue weighted by Crippen LogP contribution is 2.26. The third-order valence-corrected chi connectivity index (χ3v) is 5.98. The van der Waals surface area contributed by atoms with Crippen LogP contribution < -0.4 is 10.1 Å². The molecule has 1 aromatic carbocycles. The van der Waals surface area contributed by atoms with Crippen molar-refractivity contribution in [2.45, 2.75) is 65.0 Å². The molecule has 1 amide bonds. The summed E-state index contributed by atoms with van der Waals surface area (Å²) in [5.41, 5.74) is 2.04. The maximum atomic E-state index is 12.3. The fraction of sp³-hybridized carbons (Fsp3) is 0.524. The second-order valence-corrected chi connectivity index (χ2v) is 8.15. The molecule has 140 valence electrons. The Balaban J connectivity index is 1.43. The first kappa shape index (κ1) is 18.9. The molecule has 1 aliphatic rings. The Labute approximate surface area is 160 Å². The first-order valence-electron chi connectivity index (χ1n) is 9.54. The summed E-state index contributed by atoms with van der Waals surface area (Å²) in [6.07, 6.45) is 6.30. The molecule has 1 heterocycles. The van der Waals surface area contributed by atoms with Crippen molar-refractivity contribution in [1.29, 1.82) is 0 Å². The summed E-state index contributed by atoms with van der Waals surface area (Å²) >= 11 is 1.55. The van der Waals surface area contributed by atoms with Crippen molar-refractivity contribution < 1.29 is 9.53 Å². The molecule has 0 bridgehead atoms. The van der Waals surface area contributed by atoms with Crippen molar-refractivity contribution in [3.8, 4) is 5.75 Å². The molecule has 1 aliphatic carbocycles. The van der Waals surface area contributed by atoms with Crippen LogP contribution in [0.3, 0.4) is 0 Å². The molecule has 1 N–H and O–H groups in total. The zero-order valence-electron chi connectivity index (χ0n) is 15.7. The van der Waals surface area contributed by atoms with Gasteiger partial charge in [0, 0.05) is 11.4 Å². The quantitative estimate of drug-likeness (QED) is 0.769. The number of aryl methyl sites for hydroxylation is 1. The number of aromatic nitrogens is 1. The minimum atomic E-state index is 0.0845.